The smallest absolute Gasteiger partial charge is 0.253 e. The SMILES string of the molecule is CCOc1ccc(-c2nc(C#N)c(N3CCN(C(=O)c4ccc(Cl)cc4)CC3)o2)cc1. The van der Waals surface area contributed by atoms with Crippen molar-refractivity contribution in [3.63, 3.8) is 0 Å². The fourth-order valence-electron chi connectivity index (χ4n) is 3.47. The van der Waals surface area contributed by atoms with E-state index in [2.05, 4.69) is 11.1 Å². The molecule has 158 valence electrons. The monoisotopic (exact) mass is 436 g/mol. The number of nitriles is 1. The maximum Gasteiger partial charge on any atom is 0.253 e. The first-order valence-corrected chi connectivity index (χ1v) is 10.4. The molecule has 31 heavy (non-hydrogen) atoms. The lowest BCUT2D eigenvalue weighted by molar-refractivity contribution is 0.0745. The highest BCUT2D eigenvalue weighted by molar-refractivity contribution is 6.30. The number of benzene rings is 2. The Hall–Kier alpha value is -3.50. The Labute approximate surface area is 185 Å². The molecule has 0 unspecified atom stereocenters. The van der Waals surface area contributed by atoms with Crippen LogP contribution < -0.4 is 9.64 Å². The summed E-state index contributed by atoms with van der Waals surface area (Å²) in [6.07, 6.45) is 0. The van der Waals surface area contributed by atoms with Gasteiger partial charge >= 0.3 is 0 Å². The summed E-state index contributed by atoms with van der Waals surface area (Å²) in [5.74, 6) is 1.55. The van der Waals surface area contributed by atoms with Gasteiger partial charge < -0.3 is 19.0 Å². The average Bonchev–Trinajstić information content (AvgIpc) is 3.24. The zero-order valence-corrected chi connectivity index (χ0v) is 17.8. The van der Waals surface area contributed by atoms with E-state index in [1.165, 1.54) is 0 Å². The number of nitrogens with zero attached hydrogens (tertiary/aromatic N) is 4. The molecule has 3 aromatic rings. The fraction of sp³-hybridized carbons (Fsp3) is 0.261. The number of anilines is 1. The van der Waals surface area contributed by atoms with Crippen molar-refractivity contribution in [1.82, 2.24) is 9.88 Å². The molecule has 0 radical (unpaired) electrons. The number of rotatable bonds is 5. The number of carbonyl (C=O) groups excluding carboxylic acids is 1. The number of aromatic nitrogens is 1. The number of ether oxygens (including phenoxy) is 1. The summed E-state index contributed by atoms with van der Waals surface area (Å²) in [7, 11) is 0. The van der Waals surface area contributed by atoms with Gasteiger partial charge in [-0.2, -0.15) is 10.2 Å². The molecule has 2 heterocycles. The molecule has 8 heteroatoms. The Morgan fingerprint density at radius 2 is 1.81 bits per heavy atom. The summed E-state index contributed by atoms with van der Waals surface area (Å²) < 4.78 is 11.4. The summed E-state index contributed by atoms with van der Waals surface area (Å²) in [5, 5.41) is 10.1. The number of amides is 1. The minimum Gasteiger partial charge on any atom is -0.494 e. The molecule has 0 spiro atoms. The van der Waals surface area contributed by atoms with Crippen LogP contribution >= 0.6 is 11.6 Å². The Bertz CT molecular complexity index is 1100. The molecule has 0 atom stereocenters. The van der Waals surface area contributed by atoms with E-state index in [4.69, 9.17) is 20.8 Å². The second-order valence-corrected chi connectivity index (χ2v) is 7.46. The fourth-order valence-corrected chi connectivity index (χ4v) is 3.60. The van der Waals surface area contributed by atoms with Crippen LogP contribution in [0.25, 0.3) is 11.5 Å². The van der Waals surface area contributed by atoms with E-state index in [-0.39, 0.29) is 11.6 Å². The van der Waals surface area contributed by atoms with Crippen molar-refractivity contribution in [2.75, 3.05) is 37.7 Å². The minimum atomic E-state index is -0.0375. The van der Waals surface area contributed by atoms with E-state index < -0.39 is 0 Å². The predicted molar refractivity (Wildman–Crippen MR) is 117 cm³/mol. The van der Waals surface area contributed by atoms with Crippen molar-refractivity contribution in [2.24, 2.45) is 0 Å². The van der Waals surface area contributed by atoms with Crippen LogP contribution in [0.4, 0.5) is 5.88 Å². The second-order valence-electron chi connectivity index (χ2n) is 7.03. The highest BCUT2D eigenvalue weighted by atomic mass is 35.5. The number of hydrogen-bond donors (Lipinski definition) is 0. The van der Waals surface area contributed by atoms with Crippen molar-refractivity contribution >= 4 is 23.4 Å². The predicted octanol–water partition coefficient (Wildman–Crippen LogP) is 4.23. The minimum absolute atomic E-state index is 0.0375. The van der Waals surface area contributed by atoms with E-state index in [1.807, 2.05) is 36.1 Å². The normalized spacial score (nSPS) is 13.7. The van der Waals surface area contributed by atoms with Crippen LogP contribution in [0.1, 0.15) is 23.0 Å². The molecule has 0 bridgehead atoms. The Balaban J connectivity index is 1.46. The molecule has 0 saturated carbocycles. The number of oxazole rings is 1. The van der Waals surface area contributed by atoms with Gasteiger partial charge in [0.25, 0.3) is 5.91 Å². The first-order valence-electron chi connectivity index (χ1n) is 10.0. The van der Waals surface area contributed by atoms with Crippen molar-refractivity contribution in [3.05, 3.63) is 64.8 Å². The molecule has 1 saturated heterocycles. The van der Waals surface area contributed by atoms with Crippen molar-refractivity contribution in [3.8, 4) is 23.3 Å². The van der Waals surface area contributed by atoms with Crippen LogP contribution in [0.5, 0.6) is 5.75 Å². The molecule has 1 amide bonds. The molecular formula is C23H21ClN4O3. The summed E-state index contributed by atoms with van der Waals surface area (Å²) >= 11 is 5.91. The van der Waals surface area contributed by atoms with Gasteiger partial charge in [0.2, 0.25) is 17.5 Å². The lowest BCUT2D eigenvalue weighted by Gasteiger charge is -2.34. The van der Waals surface area contributed by atoms with Gasteiger partial charge in [0.1, 0.15) is 11.8 Å². The Kier molecular flexibility index (Phi) is 6.10. The van der Waals surface area contributed by atoms with Crippen LogP contribution in [-0.4, -0.2) is 48.6 Å². The first kappa shape index (κ1) is 20.8. The molecule has 4 rings (SSSR count). The lowest BCUT2D eigenvalue weighted by atomic mass is 10.2. The molecule has 0 aliphatic carbocycles. The van der Waals surface area contributed by atoms with Gasteiger partial charge in [-0.05, 0) is 55.5 Å². The Morgan fingerprint density at radius 1 is 1.13 bits per heavy atom. The van der Waals surface area contributed by atoms with Crippen molar-refractivity contribution < 1.29 is 13.9 Å². The summed E-state index contributed by atoms with van der Waals surface area (Å²) in [6, 6.07) is 16.4. The number of hydrogen-bond acceptors (Lipinski definition) is 6. The molecule has 1 fully saturated rings. The standard InChI is InChI=1S/C23H21ClN4O3/c1-2-30-19-9-5-16(6-10-19)21-26-20(15-25)23(31-21)28-13-11-27(12-14-28)22(29)17-3-7-18(24)8-4-17/h3-10H,2,11-14H2,1H3. The maximum atomic E-state index is 12.7. The highest BCUT2D eigenvalue weighted by Crippen LogP contribution is 2.30. The molecule has 2 aromatic carbocycles. The molecule has 0 N–H and O–H groups in total. The van der Waals surface area contributed by atoms with E-state index in [0.29, 0.717) is 55.1 Å². The van der Waals surface area contributed by atoms with E-state index >= 15 is 0 Å². The zero-order chi connectivity index (χ0) is 21.8. The zero-order valence-electron chi connectivity index (χ0n) is 17.0. The molecule has 1 aliphatic heterocycles. The van der Waals surface area contributed by atoms with Gasteiger partial charge in [-0.15, -0.1) is 0 Å². The van der Waals surface area contributed by atoms with Crippen molar-refractivity contribution in [1.29, 1.82) is 5.26 Å². The third-order valence-corrected chi connectivity index (χ3v) is 5.32. The molecule has 7 nitrogen and oxygen atoms in total. The van der Waals surface area contributed by atoms with Gasteiger partial charge in [0, 0.05) is 42.3 Å². The van der Waals surface area contributed by atoms with Gasteiger partial charge in [-0.25, -0.2) is 0 Å². The summed E-state index contributed by atoms with van der Waals surface area (Å²) in [5.41, 5.74) is 1.61. The number of piperazine rings is 1. The van der Waals surface area contributed by atoms with E-state index in [0.717, 1.165) is 11.3 Å². The van der Waals surface area contributed by atoms with Gasteiger partial charge in [0.05, 0.1) is 6.61 Å². The van der Waals surface area contributed by atoms with Crippen LogP contribution in [0.3, 0.4) is 0 Å². The third kappa shape index (κ3) is 4.49. The van der Waals surface area contributed by atoms with Gasteiger partial charge in [0.15, 0.2) is 0 Å². The third-order valence-electron chi connectivity index (χ3n) is 5.07. The molecule has 1 aromatic heterocycles. The highest BCUT2D eigenvalue weighted by Gasteiger charge is 2.27. The van der Waals surface area contributed by atoms with Gasteiger partial charge in [-0.3, -0.25) is 4.79 Å². The Morgan fingerprint density at radius 3 is 2.42 bits per heavy atom. The molecular weight excluding hydrogens is 416 g/mol. The largest absolute Gasteiger partial charge is 0.494 e. The second kappa shape index (κ2) is 9.11. The first-order chi connectivity index (χ1) is 15.1. The lowest BCUT2D eigenvalue weighted by Crippen LogP contribution is -2.48. The number of carbonyl (C=O) groups is 1. The van der Waals surface area contributed by atoms with Crippen LogP contribution in [0.15, 0.2) is 52.9 Å². The molecule has 1 aliphatic rings. The average molecular weight is 437 g/mol. The van der Waals surface area contributed by atoms with E-state index in [9.17, 15) is 10.1 Å². The summed E-state index contributed by atoms with van der Waals surface area (Å²) in [4.78, 5) is 20.8. The van der Waals surface area contributed by atoms with Crippen molar-refractivity contribution in [2.45, 2.75) is 6.92 Å². The topological polar surface area (TPSA) is 82.6 Å². The van der Waals surface area contributed by atoms with Crippen LogP contribution in [-0.2, 0) is 0 Å². The summed E-state index contributed by atoms with van der Waals surface area (Å²) in [6.45, 7) is 4.65. The van der Waals surface area contributed by atoms with Crippen LogP contribution in [0, 0.1) is 11.3 Å². The van der Waals surface area contributed by atoms with Gasteiger partial charge in [-0.1, -0.05) is 11.6 Å². The number of halogens is 1. The maximum absolute atomic E-state index is 12.7. The quantitative estimate of drug-likeness (QED) is 0.595. The van der Waals surface area contributed by atoms with E-state index in [1.54, 1.807) is 29.2 Å². The van der Waals surface area contributed by atoms with Crippen LogP contribution in [0.2, 0.25) is 5.02 Å².